The first-order chi connectivity index (χ1) is 9.17. The molecule has 1 aromatic heterocycles. The summed E-state index contributed by atoms with van der Waals surface area (Å²) >= 11 is 2.15. The fourth-order valence-corrected chi connectivity index (χ4v) is 2.47. The molecule has 0 spiro atoms. The van der Waals surface area contributed by atoms with Gasteiger partial charge < -0.3 is 9.42 Å². The highest BCUT2D eigenvalue weighted by Gasteiger charge is 2.17. The Balaban J connectivity index is 1.80. The summed E-state index contributed by atoms with van der Waals surface area (Å²) in [6, 6.07) is 2.05. The monoisotopic (exact) mass is 377 g/mol. The molecule has 1 aromatic rings. The lowest BCUT2D eigenvalue weighted by atomic mass is 10.3. The van der Waals surface area contributed by atoms with Crippen LogP contribution in [0.2, 0.25) is 0 Å². The maximum Gasteiger partial charge on any atom is 0.151 e. The molecule has 1 aliphatic heterocycles. The average molecular weight is 377 g/mol. The average Bonchev–Trinajstić information content (AvgIpc) is 2.78. The molecular formula is C12H20IN5O. The topological polar surface area (TPSA) is 48.1 Å². The van der Waals surface area contributed by atoms with Gasteiger partial charge >= 0.3 is 0 Å². The van der Waals surface area contributed by atoms with Crippen LogP contribution in [0.25, 0.3) is 0 Å². The number of rotatable bonds is 5. The molecule has 0 bridgehead atoms. The van der Waals surface area contributed by atoms with Gasteiger partial charge in [0.15, 0.2) is 5.76 Å². The van der Waals surface area contributed by atoms with Gasteiger partial charge in [-0.3, -0.25) is 9.91 Å². The van der Waals surface area contributed by atoms with Gasteiger partial charge in [-0.2, -0.15) is 5.10 Å². The van der Waals surface area contributed by atoms with Gasteiger partial charge in [-0.05, 0) is 36.7 Å². The standard InChI is InChI=1S/C12H20IN5O/c1-16(2)8-11-7-12(19-15-11)9-17-3-5-18(6-4-17)14-10-13/h7,10H,3-6,8-9H2,1-2H3/b14-10+. The molecular weight excluding hydrogens is 357 g/mol. The lowest BCUT2D eigenvalue weighted by Gasteiger charge is -2.32. The van der Waals surface area contributed by atoms with E-state index in [4.69, 9.17) is 4.52 Å². The molecule has 0 unspecified atom stereocenters. The molecule has 1 saturated heterocycles. The van der Waals surface area contributed by atoms with Gasteiger partial charge in [-0.1, -0.05) is 5.16 Å². The molecule has 0 radical (unpaired) electrons. The van der Waals surface area contributed by atoms with E-state index in [1.54, 1.807) is 0 Å². The molecule has 0 aliphatic carbocycles. The number of aromatic nitrogens is 1. The fourth-order valence-electron chi connectivity index (χ4n) is 2.12. The third kappa shape index (κ3) is 4.73. The second-order valence-corrected chi connectivity index (χ2v) is 5.52. The minimum atomic E-state index is 0.821. The maximum atomic E-state index is 5.38. The molecule has 1 fully saturated rings. The molecule has 7 heteroatoms. The Morgan fingerprint density at radius 2 is 2.16 bits per heavy atom. The summed E-state index contributed by atoms with van der Waals surface area (Å²) in [6.45, 7) is 5.62. The van der Waals surface area contributed by atoms with Gasteiger partial charge in [0.1, 0.15) is 0 Å². The van der Waals surface area contributed by atoms with E-state index in [-0.39, 0.29) is 0 Å². The Morgan fingerprint density at radius 1 is 1.42 bits per heavy atom. The number of halogens is 1. The van der Waals surface area contributed by atoms with Crippen molar-refractivity contribution in [1.82, 2.24) is 20.0 Å². The van der Waals surface area contributed by atoms with E-state index in [0.29, 0.717) is 0 Å². The lowest BCUT2D eigenvalue weighted by molar-refractivity contribution is 0.122. The Kier molecular flexibility index (Phi) is 5.59. The van der Waals surface area contributed by atoms with Crippen LogP contribution in [0.15, 0.2) is 15.7 Å². The van der Waals surface area contributed by atoms with Crippen LogP contribution in [-0.2, 0) is 13.1 Å². The first-order valence-corrected chi connectivity index (χ1v) is 7.61. The molecule has 1 aliphatic rings. The van der Waals surface area contributed by atoms with Crippen LogP contribution in [0.3, 0.4) is 0 Å². The minimum absolute atomic E-state index is 0.821. The molecule has 0 saturated carbocycles. The van der Waals surface area contributed by atoms with Gasteiger partial charge in [-0.25, -0.2) is 0 Å². The summed E-state index contributed by atoms with van der Waals surface area (Å²) < 4.78 is 7.20. The van der Waals surface area contributed by atoms with Crippen LogP contribution in [0, 0.1) is 0 Å². The van der Waals surface area contributed by atoms with Crippen molar-refractivity contribution >= 4 is 26.8 Å². The van der Waals surface area contributed by atoms with Crippen LogP contribution in [0.1, 0.15) is 11.5 Å². The number of hydrazone groups is 1. The third-order valence-corrected chi connectivity index (χ3v) is 3.27. The van der Waals surface area contributed by atoms with E-state index in [0.717, 1.165) is 50.7 Å². The van der Waals surface area contributed by atoms with Crippen molar-refractivity contribution in [3.63, 3.8) is 0 Å². The zero-order chi connectivity index (χ0) is 13.7. The fraction of sp³-hybridized carbons (Fsp3) is 0.667. The Hall–Kier alpha value is -0.670. The Labute approximate surface area is 127 Å². The predicted molar refractivity (Wildman–Crippen MR) is 83.3 cm³/mol. The van der Waals surface area contributed by atoms with Gasteiger partial charge in [0, 0.05) is 38.8 Å². The normalized spacial score (nSPS) is 17.8. The van der Waals surface area contributed by atoms with Crippen molar-refractivity contribution in [2.75, 3.05) is 40.3 Å². The van der Waals surface area contributed by atoms with Crippen molar-refractivity contribution in [2.24, 2.45) is 5.10 Å². The van der Waals surface area contributed by atoms with Crippen molar-refractivity contribution in [2.45, 2.75) is 13.1 Å². The van der Waals surface area contributed by atoms with E-state index in [1.165, 1.54) is 0 Å². The minimum Gasteiger partial charge on any atom is -0.360 e. The maximum absolute atomic E-state index is 5.38. The zero-order valence-corrected chi connectivity index (χ0v) is 13.6. The molecule has 106 valence electrons. The molecule has 2 rings (SSSR count). The highest BCUT2D eigenvalue weighted by Crippen LogP contribution is 2.11. The second kappa shape index (κ2) is 7.20. The number of hydrogen-bond acceptors (Lipinski definition) is 6. The second-order valence-electron chi connectivity index (χ2n) is 4.97. The molecule has 0 amide bonds. The molecule has 0 atom stereocenters. The first kappa shape index (κ1) is 14.7. The smallest absolute Gasteiger partial charge is 0.151 e. The van der Waals surface area contributed by atoms with Crippen LogP contribution >= 0.6 is 22.6 Å². The summed E-state index contributed by atoms with van der Waals surface area (Å²) in [4.78, 5) is 4.46. The quantitative estimate of drug-likeness (QED) is 0.571. The Bertz CT molecular complexity index is 412. The SMILES string of the molecule is CN(C)Cc1cc(CN2CCN(/N=C/I)CC2)on1. The van der Waals surface area contributed by atoms with Crippen LogP contribution in [0.5, 0.6) is 0 Å². The van der Waals surface area contributed by atoms with E-state index >= 15 is 0 Å². The third-order valence-electron chi connectivity index (χ3n) is 3.02. The zero-order valence-electron chi connectivity index (χ0n) is 11.4. The van der Waals surface area contributed by atoms with E-state index in [1.807, 2.05) is 18.3 Å². The van der Waals surface area contributed by atoms with Gasteiger partial charge in [0.05, 0.1) is 16.5 Å². The molecule has 0 N–H and O–H groups in total. The summed E-state index contributed by atoms with van der Waals surface area (Å²) in [5.74, 6) is 0.947. The van der Waals surface area contributed by atoms with Gasteiger partial charge in [0.25, 0.3) is 0 Å². The summed E-state index contributed by atoms with van der Waals surface area (Å²) in [7, 11) is 4.06. The largest absolute Gasteiger partial charge is 0.360 e. The highest BCUT2D eigenvalue weighted by molar-refractivity contribution is 14.1. The summed E-state index contributed by atoms with van der Waals surface area (Å²) in [5, 5.41) is 10.5. The lowest BCUT2D eigenvalue weighted by Crippen LogP contribution is -2.43. The number of nitrogens with zero attached hydrogens (tertiary/aromatic N) is 5. The van der Waals surface area contributed by atoms with Crippen molar-refractivity contribution in [1.29, 1.82) is 0 Å². The van der Waals surface area contributed by atoms with E-state index < -0.39 is 0 Å². The summed E-state index contributed by atoms with van der Waals surface area (Å²) in [5.41, 5.74) is 0.994. The highest BCUT2D eigenvalue weighted by atomic mass is 127. The predicted octanol–water partition coefficient (Wildman–Crippen LogP) is 1.23. The van der Waals surface area contributed by atoms with Crippen LogP contribution < -0.4 is 0 Å². The molecule has 2 heterocycles. The van der Waals surface area contributed by atoms with Gasteiger partial charge in [-0.15, -0.1) is 0 Å². The van der Waals surface area contributed by atoms with Crippen LogP contribution in [0.4, 0.5) is 0 Å². The van der Waals surface area contributed by atoms with Crippen molar-refractivity contribution < 1.29 is 4.52 Å². The van der Waals surface area contributed by atoms with Gasteiger partial charge in [0.2, 0.25) is 0 Å². The van der Waals surface area contributed by atoms with E-state index in [2.05, 4.69) is 53.7 Å². The van der Waals surface area contributed by atoms with Crippen molar-refractivity contribution in [3.8, 4) is 0 Å². The van der Waals surface area contributed by atoms with Crippen molar-refractivity contribution in [3.05, 3.63) is 17.5 Å². The molecule has 6 nitrogen and oxygen atoms in total. The Morgan fingerprint density at radius 3 is 2.79 bits per heavy atom. The number of hydrogen-bond donors (Lipinski definition) is 0. The van der Waals surface area contributed by atoms with Crippen LogP contribution in [-0.4, -0.2) is 64.5 Å². The summed E-state index contributed by atoms with van der Waals surface area (Å²) in [6.07, 6.45) is 0. The molecule has 0 aromatic carbocycles. The first-order valence-electron chi connectivity index (χ1n) is 6.36. The number of piperazine rings is 1. The molecule has 19 heavy (non-hydrogen) atoms. The van der Waals surface area contributed by atoms with E-state index in [9.17, 15) is 0 Å².